The number of benzene rings is 2. The molecule has 2 aromatic carbocycles. The summed E-state index contributed by atoms with van der Waals surface area (Å²) in [6, 6.07) is 8.61. The van der Waals surface area contributed by atoms with Gasteiger partial charge in [-0.15, -0.1) is 0 Å². The Morgan fingerprint density at radius 2 is 1.25 bits per heavy atom. The van der Waals surface area contributed by atoms with Gasteiger partial charge in [0, 0.05) is 94.7 Å². The van der Waals surface area contributed by atoms with E-state index in [1.54, 1.807) is 19.1 Å². The van der Waals surface area contributed by atoms with Gasteiger partial charge in [0.25, 0.3) is 11.5 Å². The Hall–Kier alpha value is -11.5. The Bertz CT molecular complexity index is 3700. The van der Waals surface area contributed by atoms with E-state index in [0.29, 0.717) is 94.4 Å². The minimum Gasteiger partial charge on any atom is -0.481 e. The van der Waals surface area contributed by atoms with E-state index in [1.807, 2.05) is 41.1 Å². The number of nitrogen functional groups attached to an aromatic ring is 1. The molecule has 1 aliphatic heterocycles. The van der Waals surface area contributed by atoms with Gasteiger partial charge >= 0.3 is 36.0 Å². The first-order valence-electron chi connectivity index (χ1n) is 32.6. The highest BCUT2D eigenvalue weighted by Crippen LogP contribution is 2.18. The number of carboxylic acids is 5. The first-order chi connectivity index (χ1) is 49.3. The lowest BCUT2D eigenvalue weighted by molar-refractivity contribution is -0.192. The molecule has 3 heterocycles. The van der Waals surface area contributed by atoms with E-state index < -0.39 is 102 Å². The maximum Gasteiger partial charge on any atom is 0.373 e. The smallest absolute Gasteiger partial charge is 0.373 e. The van der Waals surface area contributed by atoms with Gasteiger partial charge in [-0.05, 0) is 119 Å². The molecule has 1 fully saturated rings. The fourth-order valence-corrected chi connectivity index (χ4v) is 10.3. The Morgan fingerprint density at radius 3 is 1.85 bits per heavy atom. The number of nitrogens with one attached hydrogen (secondary N) is 9. The quantitative estimate of drug-likeness (QED) is 0.00898. The van der Waals surface area contributed by atoms with Gasteiger partial charge in [-0.3, -0.25) is 67.9 Å². The van der Waals surface area contributed by atoms with Crippen LogP contribution in [0.1, 0.15) is 92.7 Å². The highest BCUT2D eigenvalue weighted by Gasteiger charge is 2.31. The van der Waals surface area contributed by atoms with Gasteiger partial charge in [0.05, 0.1) is 37.9 Å². The van der Waals surface area contributed by atoms with Gasteiger partial charge in [-0.2, -0.15) is 14.6 Å². The zero-order chi connectivity index (χ0) is 77.4. The maximum atomic E-state index is 12.9. The van der Waals surface area contributed by atoms with Gasteiger partial charge in [0.2, 0.25) is 29.6 Å². The van der Waals surface area contributed by atoms with Crippen molar-refractivity contribution in [2.24, 2.45) is 38.8 Å². The number of carboxylic acid groups (broad SMARTS) is 5. The van der Waals surface area contributed by atoms with Crippen LogP contribution in [0.4, 0.5) is 17.3 Å². The molecule has 0 bridgehead atoms. The van der Waals surface area contributed by atoms with E-state index >= 15 is 0 Å². The molecule has 41 heteroatoms. The number of guanidine groups is 2. The van der Waals surface area contributed by atoms with E-state index in [1.165, 1.54) is 25.4 Å². The van der Waals surface area contributed by atoms with Crippen LogP contribution < -0.4 is 76.8 Å². The van der Waals surface area contributed by atoms with Crippen LogP contribution in [-0.2, 0) is 65.7 Å². The number of hydrogen-bond donors (Lipinski definition) is 19. The number of carbonyl (C=O) groups is 10. The first-order valence-corrected chi connectivity index (χ1v) is 33.0. The molecule has 104 heavy (non-hydrogen) atoms. The Morgan fingerprint density at radius 1 is 0.683 bits per heavy atom. The number of nitrogens with zero attached hydrogens (tertiary/aromatic N) is 8. The summed E-state index contributed by atoms with van der Waals surface area (Å²) in [7, 11) is 3.32. The fourth-order valence-electron chi connectivity index (χ4n) is 10.1. The minimum atomic E-state index is -1.60. The van der Waals surface area contributed by atoms with Gasteiger partial charge in [-0.25, -0.2) is 19.6 Å². The lowest BCUT2D eigenvalue weighted by Crippen LogP contribution is -2.54. The number of carbonyl (C=O) groups excluding carboxylic acids is 7. The van der Waals surface area contributed by atoms with Crippen LogP contribution in [0.5, 0.6) is 0 Å². The number of nitrogens with two attached hydrogens (primary N) is 5. The summed E-state index contributed by atoms with van der Waals surface area (Å²) in [6.07, 6.45) is 3.63. The lowest BCUT2D eigenvalue weighted by atomic mass is 10.0. The number of aromatic nitrogens is 4. The number of thiocarbonyl (C=S) groups is 1. The molecule has 0 saturated carbocycles. The minimum absolute atomic E-state index is 0.00553. The number of H-pyrrole nitrogens is 1. The fraction of sp³-hybridized carbons (Fsp3) is 0.492. The standard InChI is InChI=1S/C32H53N9O7S.C30H39N13O9.CO2/c1-22(6-5-13-35-31(33)34)29(46)38-26(30(47)48)7-3-4-12-36-32(49)37-24-10-8-23(9-11-24)18-25-19-41(21-28(44)45)17-16-40(20-27(42)43)15-14-39(25)2;1-34-25(48)17(3-2-10-35-29(31)32)40-26(49)19(11-21(45)46)39-20(44)9-8-18(28(51)52)41-24(47)14-4-6-15(7-5-14)36-12-16-13-37-23-22(38-16)27(50)43-30(33)42-23;2-1-3/h8-11,22,25-26H,3-7,12-21H2,1-2H3,(H,38,46)(H,42,43)(H,44,45)(H,47,48)(H4,33,34,35)(H2,36,37,49);4-7,13,17-19,36H,2-3,8-12H2,1H3,(H,34,48)(H,39,44)(H,40,49)(H,41,47)(H,45,46)(H,51,52)(H4,31,32,35)(H3,33,37,42,43,50);/t22-,25?,26-;17-,18-,19-;/m00./s1. The number of aliphatic carboxylic acids is 5. The molecule has 6 atom stereocenters. The molecule has 40 nitrogen and oxygen atoms in total. The molecular formula is C63H92N22O18S. The molecule has 2 aromatic heterocycles. The molecule has 568 valence electrons. The van der Waals surface area contributed by atoms with Gasteiger partial charge < -0.3 is 102 Å². The second-order valence-corrected chi connectivity index (χ2v) is 24.1. The summed E-state index contributed by atoms with van der Waals surface area (Å²) in [6.45, 7) is 5.53. The molecule has 5 amide bonds. The van der Waals surface area contributed by atoms with E-state index in [0.717, 1.165) is 11.3 Å². The molecule has 0 spiro atoms. The van der Waals surface area contributed by atoms with Crippen LogP contribution >= 0.6 is 12.2 Å². The third kappa shape index (κ3) is 34.2. The van der Waals surface area contributed by atoms with Crippen LogP contribution in [0.15, 0.2) is 69.5 Å². The number of anilines is 3. The zero-order valence-electron chi connectivity index (χ0n) is 57.6. The van der Waals surface area contributed by atoms with Crippen molar-refractivity contribution < 1.29 is 83.1 Å². The number of likely N-dealkylation sites (N-methyl/N-ethyl adjacent to an activating group) is 2. The average molecular weight is 1480 g/mol. The number of aromatic amines is 1. The normalized spacial score (nSPS) is 14.5. The number of aliphatic imine (C=N–C) groups is 2. The van der Waals surface area contributed by atoms with Crippen molar-refractivity contribution in [3.63, 3.8) is 0 Å². The Balaban J connectivity index is 0.000000521. The third-order valence-electron chi connectivity index (χ3n) is 15.6. The van der Waals surface area contributed by atoms with Crippen molar-refractivity contribution in [1.29, 1.82) is 0 Å². The van der Waals surface area contributed by atoms with E-state index in [-0.39, 0.29) is 104 Å². The Kier molecular flexibility index (Phi) is 38.4. The monoisotopic (exact) mass is 1480 g/mol. The first kappa shape index (κ1) is 86.7. The lowest BCUT2D eigenvalue weighted by Gasteiger charge is -2.31. The van der Waals surface area contributed by atoms with Crippen molar-refractivity contribution >= 4 is 123 Å². The average Bonchev–Trinajstić information content (AvgIpc) is 0.867. The third-order valence-corrected chi connectivity index (χ3v) is 15.8. The second kappa shape index (κ2) is 46.1. The summed E-state index contributed by atoms with van der Waals surface area (Å²) in [5.41, 5.74) is 29.2. The van der Waals surface area contributed by atoms with Crippen LogP contribution in [0, 0.1) is 5.92 Å². The summed E-state index contributed by atoms with van der Waals surface area (Å²) < 4.78 is 0. The molecule has 1 unspecified atom stereocenters. The molecule has 5 rings (SSSR count). The van der Waals surface area contributed by atoms with Crippen molar-refractivity contribution in [1.82, 2.24) is 66.5 Å². The molecule has 1 aliphatic rings. The van der Waals surface area contributed by atoms with E-state index in [2.05, 4.69) is 77.4 Å². The van der Waals surface area contributed by atoms with Crippen LogP contribution in [-0.4, -0.2) is 252 Å². The van der Waals surface area contributed by atoms with E-state index in [9.17, 15) is 78.3 Å². The summed E-state index contributed by atoms with van der Waals surface area (Å²) in [5, 5.41) is 69.0. The SMILES string of the molecule is CNC(=O)[C@H](CCCN=C(N)N)NC(=O)[C@H](CC(=O)O)NC(=O)CC[C@H](NC(=O)c1ccc(NCc2cnc3nc(N)[nH]c(=O)c3n2)cc1)C(=O)O.C[C@@H](CCCN=C(N)N)C(=O)N[C@@H](CCCCNC(=S)Nc1ccc(CC2CN(CC(=O)O)CCN(CC(=O)O)CCN2C)cc1)C(=O)O.O=C=O. The van der Waals surface area contributed by atoms with Crippen molar-refractivity contribution in [3.8, 4) is 0 Å². The molecule has 24 N–H and O–H groups in total. The zero-order valence-corrected chi connectivity index (χ0v) is 58.4. The van der Waals surface area contributed by atoms with Crippen LogP contribution in [0.3, 0.4) is 0 Å². The number of amides is 5. The molecule has 0 aliphatic carbocycles. The largest absolute Gasteiger partial charge is 0.481 e. The van der Waals surface area contributed by atoms with Crippen molar-refractivity contribution in [2.75, 3.05) is 95.9 Å². The number of unbranched alkanes of at least 4 members (excludes halogenated alkanes) is 1. The van der Waals surface area contributed by atoms with Crippen molar-refractivity contribution in [2.45, 2.75) is 114 Å². The number of rotatable bonds is 38. The molecule has 0 radical (unpaired) electrons. The van der Waals surface area contributed by atoms with Crippen LogP contribution in [0.25, 0.3) is 11.2 Å². The molecule has 4 aromatic rings. The topological polar surface area (TPSA) is 638 Å². The highest BCUT2D eigenvalue weighted by atomic mass is 32.1. The van der Waals surface area contributed by atoms with Crippen LogP contribution in [0.2, 0.25) is 0 Å². The van der Waals surface area contributed by atoms with Gasteiger partial charge in [0.15, 0.2) is 28.2 Å². The van der Waals surface area contributed by atoms with E-state index in [4.69, 9.17) is 50.5 Å². The predicted molar refractivity (Wildman–Crippen MR) is 381 cm³/mol. The summed E-state index contributed by atoms with van der Waals surface area (Å²) in [4.78, 5) is 178. The predicted octanol–water partition coefficient (Wildman–Crippen LogP) is -3.44. The van der Waals surface area contributed by atoms with Gasteiger partial charge in [0.1, 0.15) is 24.2 Å². The van der Waals surface area contributed by atoms with Crippen molar-refractivity contribution in [3.05, 3.63) is 81.9 Å². The number of fused-ring (bicyclic) bond motifs is 1. The van der Waals surface area contributed by atoms with Gasteiger partial charge in [-0.1, -0.05) is 19.1 Å². The Labute approximate surface area is 601 Å². The molecule has 1 saturated heterocycles. The molecular weight excluding hydrogens is 1380 g/mol. The number of hydrogen-bond acceptors (Lipinski definition) is 24. The summed E-state index contributed by atoms with van der Waals surface area (Å²) >= 11 is 5.43. The second-order valence-electron chi connectivity index (χ2n) is 23.7. The summed E-state index contributed by atoms with van der Waals surface area (Å²) in [5.74, 6) is -9.88. The maximum absolute atomic E-state index is 12.9. The highest BCUT2D eigenvalue weighted by molar-refractivity contribution is 7.80.